The third-order valence-electron chi connectivity index (χ3n) is 8.68. The standard InChI is InChI=1S/C36H37N5O2S/c1-35(2,3)31-21-27(40-43-31)20-28(42)19-25-9-11-26(12-10-25)29-22-41-30-13-14-32(39-33(30)44-34(41)38-29)37-23-36(17-18-36)16-15-24-7-5-4-6-8-24/h4-14,21-22H,15-20,23H2,1-3H3,(H,37,39). The number of carbonyl (C=O) groups is 1. The molecule has 1 aliphatic carbocycles. The fraction of sp³-hybridized carbons (Fsp3) is 0.333. The molecule has 44 heavy (non-hydrogen) atoms. The van der Waals surface area contributed by atoms with Crippen LogP contribution in [0.2, 0.25) is 0 Å². The van der Waals surface area contributed by atoms with Crippen LogP contribution < -0.4 is 5.32 Å². The van der Waals surface area contributed by atoms with Crippen molar-refractivity contribution in [2.75, 3.05) is 11.9 Å². The molecule has 2 aromatic carbocycles. The number of Topliss-reactive ketones (excluding diaryl/α,β-unsaturated/α-hetero) is 1. The lowest BCUT2D eigenvalue weighted by Crippen LogP contribution is -2.16. The number of hydrogen-bond donors (Lipinski definition) is 1. The highest BCUT2D eigenvalue weighted by Gasteiger charge is 2.41. The van der Waals surface area contributed by atoms with Crippen molar-refractivity contribution in [3.8, 4) is 11.3 Å². The van der Waals surface area contributed by atoms with Gasteiger partial charge in [-0.3, -0.25) is 9.20 Å². The Labute approximate surface area is 261 Å². The van der Waals surface area contributed by atoms with Crippen LogP contribution in [0, 0.1) is 5.41 Å². The van der Waals surface area contributed by atoms with Gasteiger partial charge in [-0.25, -0.2) is 9.97 Å². The summed E-state index contributed by atoms with van der Waals surface area (Å²) in [5.41, 5.74) is 6.33. The molecule has 0 atom stereocenters. The zero-order valence-corrected chi connectivity index (χ0v) is 26.3. The number of nitrogens with one attached hydrogen (secondary N) is 1. The van der Waals surface area contributed by atoms with Gasteiger partial charge < -0.3 is 9.84 Å². The second-order valence-corrected chi connectivity index (χ2v) is 14.2. The minimum atomic E-state index is -0.128. The monoisotopic (exact) mass is 603 g/mol. The first-order valence-corrected chi connectivity index (χ1v) is 16.2. The number of imidazole rings is 1. The van der Waals surface area contributed by atoms with E-state index < -0.39 is 0 Å². The molecule has 1 N–H and O–H groups in total. The van der Waals surface area contributed by atoms with E-state index in [2.05, 4.69) is 84.3 Å². The van der Waals surface area contributed by atoms with Gasteiger partial charge in [-0.05, 0) is 54.4 Å². The number of aryl methyl sites for hydroxylation is 1. The van der Waals surface area contributed by atoms with Gasteiger partial charge in [0.15, 0.2) is 4.96 Å². The molecule has 0 amide bonds. The Kier molecular flexibility index (Phi) is 7.33. The Hall–Kier alpha value is -4.30. The minimum absolute atomic E-state index is 0.112. The van der Waals surface area contributed by atoms with E-state index in [1.165, 1.54) is 24.8 Å². The zero-order chi connectivity index (χ0) is 30.3. The number of pyridine rings is 1. The summed E-state index contributed by atoms with van der Waals surface area (Å²) in [5.74, 6) is 1.83. The molecular weight excluding hydrogens is 566 g/mol. The van der Waals surface area contributed by atoms with Crippen LogP contribution in [-0.2, 0) is 29.5 Å². The van der Waals surface area contributed by atoms with Gasteiger partial charge in [-0.15, -0.1) is 0 Å². The number of ketones is 1. The summed E-state index contributed by atoms with van der Waals surface area (Å²) in [6.07, 6.45) is 7.60. The first kappa shape index (κ1) is 28.5. The molecule has 0 bridgehead atoms. The number of carbonyl (C=O) groups excluding carboxylic acids is 1. The fourth-order valence-electron chi connectivity index (χ4n) is 5.68. The number of thiazole rings is 1. The lowest BCUT2D eigenvalue weighted by Gasteiger charge is -2.16. The van der Waals surface area contributed by atoms with E-state index in [9.17, 15) is 4.79 Å². The third kappa shape index (κ3) is 6.17. The Morgan fingerprint density at radius 2 is 1.77 bits per heavy atom. The van der Waals surface area contributed by atoms with Crippen LogP contribution in [0.25, 0.3) is 26.6 Å². The first-order valence-electron chi connectivity index (χ1n) is 15.4. The Bertz CT molecular complexity index is 1920. The van der Waals surface area contributed by atoms with E-state index in [1.807, 2.05) is 30.3 Å². The molecule has 0 aliphatic heterocycles. The van der Waals surface area contributed by atoms with Crippen LogP contribution in [-0.4, -0.2) is 31.9 Å². The van der Waals surface area contributed by atoms with Gasteiger partial charge in [0, 0.05) is 36.2 Å². The van der Waals surface area contributed by atoms with Crippen LogP contribution in [0.15, 0.2) is 83.5 Å². The van der Waals surface area contributed by atoms with E-state index in [-0.39, 0.29) is 17.6 Å². The molecule has 8 heteroatoms. The van der Waals surface area contributed by atoms with Gasteiger partial charge in [-0.2, -0.15) is 0 Å². The number of aromatic nitrogens is 4. The van der Waals surface area contributed by atoms with Crippen LogP contribution >= 0.6 is 11.3 Å². The summed E-state index contributed by atoms with van der Waals surface area (Å²) < 4.78 is 7.55. The molecule has 0 radical (unpaired) electrons. The molecule has 1 fully saturated rings. The Balaban J connectivity index is 0.974. The lowest BCUT2D eigenvalue weighted by molar-refractivity contribution is -0.117. The van der Waals surface area contributed by atoms with Crippen LogP contribution in [0.4, 0.5) is 5.82 Å². The predicted octanol–water partition coefficient (Wildman–Crippen LogP) is 8.08. The van der Waals surface area contributed by atoms with Crippen LogP contribution in [0.1, 0.15) is 62.6 Å². The van der Waals surface area contributed by atoms with Gasteiger partial charge in [0.05, 0.1) is 23.3 Å². The molecule has 224 valence electrons. The minimum Gasteiger partial charge on any atom is -0.369 e. The third-order valence-corrected chi connectivity index (χ3v) is 9.64. The van der Waals surface area contributed by atoms with E-state index in [4.69, 9.17) is 14.5 Å². The molecular formula is C36H37N5O2S. The number of anilines is 1. The highest BCUT2D eigenvalue weighted by Crippen LogP contribution is 2.49. The fourth-order valence-corrected chi connectivity index (χ4v) is 6.66. The average Bonchev–Trinajstić information content (AvgIpc) is 3.28. The Morgan fingerprint density at radius 1 is 0.977 bits per heavy atom. The number of rotatable bonds is 11. The normalized spacial score (nSPS) is 14.3. The maximum absolute atomic E-state index is 12.7. The number of benzene rings is 2. The topological polar surface area (TPSA) is 85.3 Å². The van der Waals surface area contributed by atoms with Gasteiger partial charge in [0.25, 0.3) is 0 Å². The SMILES string of the molecule is CC(C)(C)c1cc(CC(=O)Cc2ccc(-c3cn4c(n3)sc3nc(NCC5(CCc6ccccc6)CC5)ccc34)cc2)no1. The van der Waals surface area contributed by atoms with Crippen molar-refractivity contribution >= 4 is 38.2 Å². The second kappa shape index (κ2) is 11.3. The van der Waals surface area contributed by atoms with Gasteiger partial charge in [-0.1, -0.05) is 91.9 Å². The molecule has 6 aromatic rings. The first-order chi connectivity index (χ1) is 21.2. The molecule has 7 nitrogen and oxygen atoms in total. The van der Waals surface area contributed by atoms with Gasteiger partial charge in [0.2, 0.25) is 0 Å². The Morgan fingerprint density at radius 3 is 2.50 bits per heavy atom. The van der Waals surface area contributed by atoms with Crippen LogP contribution in [0.3, 0.4) is 0 Å². The van der Waals surface area contributed by atoms with Gasteiger partial charge >= 0.3 is 0 Å². The second-order valence-electron chi connectivity index (χ2n) is 13.3. The predicted molar refractivity (Wildman–Crippen MR) is 176 cm³/mol. The average molecular weight is 604 g/mol. The van der Waals surface area contributed by atoms with Crippen molar-refractivity contribution in [2.24, 2.45) is 5.41 Å². The summed E-state index contributed by atoms with van der Waals surface area (Å²) in [5, 5.41) is 7.71. The summed E-state index contributed by atoms with van der Waals surface area (Å²) in [6.45, 7) is 7.16. The highest BCUT2D eigenvalue weighted by atomic mass is 32.1. The number of hydrogen-bond acceptors (Lipinski definition) is 7. The van der Waals surface area contributed by atoms with E-state index in [0.717, 1.165) is 56.7 Å². The van der Waals surface area contributed by atoms with Crippen molar-refractivity contribution in [3.05, 3.63) is 102 Å². The molecule has 7 rings (SSSR count). The quantitative estimate of drug-likeness (QED) is 0.161. The molecule has 4 aromatic heterocycles. The van der Waals surface area contributed by atoms with Crippen molar-refractivity contribution in [2.45, 2.75) is 64.7 Å². The van der Waals surface area contributed by atoms with Crippen molar-refractivity contribution in [1.82, 2.24) is 19.5 Å². The molecule has 4 heterocycles. The summed E-state index contributed by atoms with van der Waals surface area (Å²) >= 11 is 1.61. The summed E-state index contributed by atoms with van der Waals surface area (Å²) in [6, 6.07) is 25.0. The molecule has 0 unspecified atom stereocenters. The number of nitrogens with zero attached hydrogens (tertiary/aromatic N) is 4. The van der Waals surface area contributed by atoms with E-state index in [1.54, 1.807) is 11.3 Å². The maximum atomic E-state index is 12.7. The maximum Gasteiger partial charge on any atom is 0.196 e. The van der Waals surface area contributed by atoms with E-state index >= 15 is 0 Å². The van der Waals surface area contributed by atoms with Crippen LogP contribution in [0.5, 0.6) is 0 Å². The summed E-state index contributed by atoms with van der Waals surface area (Å²) in [4.78, 5) is 24.4. The molecule has 1 saturated carbocycles. The smallest absolute Gasteiger partial charge is 0.196 e. The lowest BCUT2D eigenvalue weighted by atomic mass is 9.93. The van der Waals surface area contributed by atoms with Crippen molar-refractivity contribution < 1.29 is 9.32 Å². The van der Waals surface area contributed by atoms with Crippen molar-refractivity contribution in [1.29, 1.82) is 0 Å². The molecule has 0 saturated heterocycles. The molecule has 0 spiro atoms. The van der Waals surface area contributed by atoms with Gasteiger partial charge in [0.1, 0.15) is 22.2 Å². The van der Waals surface area contributed by atoms with Crippen molar-refractivity contribution in [3.63, 3.8) is 0 Å². The summed E-state index contributed by atoms with van der Waals surface area (Å²) in [7, 11) is 0. The van der Waals surface area contributed by atoms with E-state index in [0.29, 0.717) is 17.5 Å². The highest BCUT2D eigenvalue weighted by molar-refractivity contribution is 7.23. The zero-order valence-electron chi connectivity index (χ0n) is 25.5. The molecule has 1 aliphatic rings. The largest absolute Gasteiger partial charge is 0.369 e. The number of fused-ring (bicyclic) bond motifs is 3.